The number of nitrogens with zero attached hydrogens (tertiary/aromatic N) is 3. The van der Waals surface area contributed by atoms with Crippen molar-refractivity contribution in [2.75, 3.05) is 12.9 Å². The summed E-state index contributed by atoms with van der Waals surface area (Å²) in [7, 11) is 1.66. The van der Waals surface area contributed by atoms with Gasteiger partial charge in [-0.15, -0.1) is 10.2 Å². The van der Waals surface area contributed by atoms with Crippen LogP contribution in [0.3, 0.4) is 0 Å². The highest BCUT2D eigenvalue weighted by molar-refractivity contribution is 7.99. The van der Waals surface area contributed by atoms with Gasteiger partial charge in [0.05, 0.1) is 25.7 Å². The standard InChI is InChI=1S/C23H28N4O3S/c1-16-6-3-4-8-20(16)27-22(17-9-11-18(29-2)12-10-17)25-26-23(27)31-15-21(28)24-14-19-7-5-13-30-19/h5,7,9-13,16,20H,3-4,6,8,14-15H2,1-2H3,(H,24,28)/t16-,20-/m1/s1. The van der Waals surface area contributed by atoms with Gasteiger partial charge < -0.3 is 14.5 Å². The van der Waals surface area contributed by atoms with Crippen LogP contribution in [0.15, 0.2) is 52.2 Å². The normalized spacial score (nSPS) is 18.6. The molecule has 3 aromatic rings. The van der Waals surface area contributed by atoms with Crippen LogP contribution in [0, 0.1) is 5.92 Å². The van der Waals surface area contributed by atoms with Crippen molar-refractivity contribution < 1.29 is 13.9 Å². The fourth-order valence-corrected chi connectivity index (χ4v) is 4.89. The molecule has 1 N–H and O–H groups in total. The lowest BCUT2D eigenvalue weighted by Gasteiger charge is -2.31. The molecule has 8 heteroatoms. The molecule has 0 spiro atoms. The molecule has 7 nitrogen and oxygen atoms in total. The number of carbonyl (C=O) groups is 1. The summed E-state index contributed by atoms with van der Waals surface area (Å²) in [6.07, 6.45) is 6.35. The number of nitrogens with one attached hydrogen (secondary N) is 1. The summed E-state index contributed by atoms with van der Waals surface area (Å²) in [5.41, 5.74) is 1.00. The Morgan fingerprint density at radius 1 is 1.23 bits per heavy atom. The largest absolute Gasteiger partial charge is 0.497 e. The lowest BCUT2D eigenvalue weighted by atomic mass is 9.85. The smallest absolute Gasteiger partial charge is 0.230 e. The van der Waals surface area contributed by atoms with Crippen LogP contribution in [-0.2, 0) is 11.3 Å². The Morgan fingerprint density at radius 3 is 2.74 bits per heavy atom. The SMILES string of the molecule is COc1ccc(-c2nnc(SCC(=O)NCc3ccco3)n2[C@@H]2CCCC[C@H]2C)cc1. The fraction of sp³-hybridized carbons (Fsp3) is 0.435. The third-order valence-electron chi connectivity index (χ3n) is 5.78. The first-order valence-electron chi connectivity index (χ1n) is 10.7. The highest BCUT2D eigenvalue weighted by Gasteiger charge is 2.29. The Balaban J connectivity index is 1.53. The van der Waals surface area contributed by atoms with Crippen LogP contribution in [0.25, 0.3) is 11.4 Å². The first-order chi connectivity index (χ1) is 15.2. The third kappa shape index (κ3) is 5.12. The monoisotopic (exact) mass is 440 g/mol. The summed E-state index contributed by atoms with van der Waals surface area (Å²) in [5.74, 6) is 3.15. The van der Waals surface area contributed by atoms with Gasteiger partial charge in [0.25, 0.3) is 0 Å². The third-order valence-corrected chi connectivity index (χ3v) is 6.73. The number of furan rings is 1. The summed E-state index contributed by atoms with van der Waals surface area (Å²) < 4.78 is 12.8. The number of hydrogen-bond acceptors (Lipinski definition) is 6. The van der Waals surface area contributed by atoms with Gasteiger partial charge in [-0.2, -0.15) is 0 Å². The van der Waals surface area contributed by atoms with Crippen molar-refractivity contribution in [2.45, 2.75) is 50.4 Å². The van der Waals surface area contributed by atoms with E-state index in [2.05, 4.69) is 27.0 Å². The van der Waals surface area contributed by atoms with Crippen molar-refractivity contribution in [3.63, 3.8) is 0 Å². The van der Waals surface area contributed by atoms with Crippen molar-refractivity contribution in [1.29, 1.82) is 0 Å². The topological polar surface area (TPSA) is 82.2 Å². The lowest BCUT2D eigenvalue weighted by molar-refractivity contribution is -0.118. The van der Waals surface area contributed by atoms with E-state index < -0.39 is 0 Å². The van der Waals surface area contributed by atoms with E-state index in [0.717, 1.165) is 34.5 Å². The predicted molar refractivity (Wildman–Crippen MR) is 120 cm³/mol. The second-order valence-electron chi connectivity index (χ2n) is 7.88. The first kappa shape index (κ1) is 21.5. The maximum atomic E-state index is 12.4. The van der Waals surface area contributed by atoms with Gasteiger partial charge in [-0.05, 0) is 55.2 Å². The molecule has 1 amide bonds. The zero-order valence-corrected chi connectivity index (χ0v) is 18.7. The highest BCUT2D eigenvalue weighted by atomic mass is 32.2. The second kappa shape index (κ2) is 10.0. The number of hydrogen-bond donors (Lipinski definition) is 1. The molecule has 1 saturated carbocycles. The van der Waals surface area contributed by atoms with Gasteiger partial charge in [-0.3, -0.25) is 9.36 Å². The summed E-state index contributed by atoms with van der Waals surface area (Å²) in [4.78, 5) is 12.4. The molecule has 164 valence electrons. The molecular weight excluding hydrogens is 412 g/mol. The quantitative estimate of drug-likeness (QED) is 0.511. The van der Waals surface area contributed by atoms with Gasteiger partial charge in [0, 0.05) is 11.6 Å². The molecule has 1 aliphatic carbocycles. The van der Waals surface area contributed by atoms with Crippen molar-refractivity contribution in [3.05, 3.63) is 48.4 Å². The van der Waals surface area contributed by atoms with E-state index in [4.69, 9.17) is 9.15 Å². The van der Waals surface area contributed by atoms with Crippen LogP contribution in [-0.4, -0.2) is 33.5 Å². The number of ether oxygens (including phenoxy) is 1. The van der Waals surface area contributed by atoms with Crippen LogP contribution < -0.4 is 10.1 Å². The maximum Gasteiger partial charge on any atom is 0.230 e. The molecule has 0 bridgehead atoms. The molecule has 0 aliphatic heterocycles. The van der Waals surface area contributed by atoms with Crippen LogP contribution >= 0.6 is 11.8 Å². The molecule has 0 saturated heterocycles. The number of benzene rings is 1. The summed E-state index contributed by atoms with van der Waals surface area (Å²) >= 11 is 1.43. The zero-order chi connectivity index (χ0) is 21.6. The minimum absolute atomic E-state index is 0.0568. The molecule has 2 heterocycles. The molecule has 31 heavy (non-hydrogen) atoms. The van der Waals surface area contributed by atoms with Gasteiger partial charge in [0.1, 0.15) is 11.5 Å². The first-order valence-corrected chi connectivity index (χ1v) is 11.7. The molecule has 2 atom stereocenters. The molecule has 2 aromatic heterocycles. The highest BCUT2D eigenvalue weighted by Crippen LogP contribution is 2.39. The number of rotatable bonds is 8. The summed E-state index contributed by atoms with van der Waals surface area (Å²) in [6, 6.07) is 11.9. The van der Waals surface area contributed by atoms with Crippen LogP contribution in [0.4, 0.5) is 0 Å². The maximum absolute atomic E-state index is 12.4. The van der Waals surface area contributed by atoms with E-state index in [-0.39, 0.29) is 11.7 Å². The van der Waals surface area contributed by atoms with Crippen LogP contribution in [0.1, 0.15) is 44.4 Å². The molecule has 4 rings (SSSR count). The number of thioether (sulfide) groups is 1. The lowest BCUT2D eigenvalue weighted by Crippen LogP contribution is -2.25. The van der Waals surface area contributed by atoms with Crippen LogP contribution in [0.5, 0.6) is 5.75 Å². The number of carbonyl (C=O) groups excluding carboxylic acids is 1. The Labute approximate surface area is 186 Å². The van der Waals surface area contributed by atoms with E-state index in [1.807, 2.05) is 36.4 Å². The summed E-state index contributed by atoms with van der Waals surface area (Å²) in [5, 5.41) is 12.7. The number of aromatic nitrogens is 3. The molecular formula is C23H28N4O3S. The number of amides is 1. The Morgan fingerprint density at radius 2 is 2.03 bits per heavy atom. The Kier molecular flexibility index (Phi) is 6.96. The van der Waals surface area contributed by atoms with E-state index >= 15 is 0 Å². The van der Waals surface area contributed by atoms with E-state index in [1.165, 1.54) is 31.0 Å². The second-order valence-corrected chi connectivity index (χ2v) is 8.82. The average molecular weight is 441 g/mol. The molecule has 1 aromatic carbocycles. The van der Waals surface area contributed by atoms with Crippen molar-refractivity contribution in [2.24, 2.45) is 5.92 Å². The van der Waals surface area contributed by atoms with E-state index in [1.54, 1.807) is 13.4 Å². The Bertz CT molecular complexity index is 985. The molecule has 0 radical (unpaired) electrons. The van der Waals surface area contributed by atoms with Crippen molar-refractivity contribution in [1.82, 2.24) is 20.1 Å². The molecule has 0 unspecified atom stereocenters. The fourth-order valence-electron chi connectivity index (χ4n) is 4.07. The summed E-state index contributed by atoms with van der Waals surface area (Å²) in [6.45, 7) is 2.68. The molecule has 1 aliphatic rings. The van der Waals surface area contributed by atoms with E-state index in [9.17, 15) is 4.79 Å². The average Bonchev–Trinajstić information content (AvgIpc) is 3.47. The van der Waals surface area contributed by atoms with Crippen LogP contribution in [0.2, 0.25) is 0 Å². The molecule has 1 fully saturated rings. The van der Waals surface area contributed by atoms with Gasteiger partial charge in [0.2, 0.25) is 5.91 Å². The zero-order valence-electron chi connectivity index (χ0n) is 17.9. The van der Waals surface area contributed by atoms with Gasteiger partial charge >= 0.3 is 0 Å². The van der Waals surface area contributed by atoms with Crippen molar-refractivity contribution in [3.8, 4) is 17.1 Å². The van der Waals surface area contributed by atoms with E-state index in [0.29, 0.717) is 18.5 Å². The van der Waals surface area contributed by atoms with Gasteiger partial charge in [-0.1, -0.05) is 31.5 Å². The number of methoxy groups -OCH3 is 1. The Hall–Kier alpha value is -2.74. The minimum Gasteiger partial charge on any atom is -0.497 e. The van der Waals surface area contributed by atoms with Crippen molar-refractivity contribution >= 4 is 17.7 Å². The van der Waals surface area contributed by atoms with Gasteiger partial charge in [0.15, 0.2) is 11.0 Å². The van der Waals surface area contributed by atoms with Gasteiger partial charge in [-0.25, -0.2) is 0 Å². The minimum atomic E-state index is -0.0568. The predicted octanol–water partition coefficient (Wildman–Crippen LogP) is 4.71.